The zero-order valence-electron chi connectivity index (χ0n) is 31.0. The normalized spacial score (nSPS) is 14.4. The number of hydrogen-bond acceptors (Lipinski definition) is 9. The maximum Gasteiger partial charge on any atom is 0.329 e. The summed E-state index contributed by atoms with van der Waals surface area (Å²) < 4.78 is 16.6. The summed E-state index contributed by atoms with van der Waals surface area (Å²) in [6, 6.07) is 6.06. The number of nitrogens with two attached hydrogens (primary N) is 1. The van der Waals surface area contributed by atoms with Crippen molar-refractivity contribution in [1.29, 1.82) is 0 Å². The van der Waals surface area contributed by atoms with Gasteiger partial charge in [0.1, 0.15) is 30.4 Å². The molecule has 0 aliphatic rings. The number of nitrogens with one attached hydrogen (secondary N) is 2. The Balaban J connectivity index is 2.84. The van der Waals surface area contributed by atoms with Crippen LogP contribution in [0, 0.1) is 5.92 Å². The summed E-state index contributed by atoms with van der Waals surface area (Å²) in [4.78, 5) is 64.2. The van der Waals surface area contributed by atoms with Crippen LogP contribution in [0.3, 0.4) is 0 Å². The van der Waals surface area contributed by atoms with Crippen LogP contribution in [0.25, 0.3) is 0 Å². The zero-order valence-corrected chi connectivity index (χ0v) is 31.0. The Morgan fingerprint density at radius 1 is 0.776 bits per heavy atom. The molecule has 0 saturated carbocycles. The molecule has 0 aliphatic heterocycles. The summed E-state index contributed by atoms with van der Waals surface area (Å²) in [6.45, 7) is 12.6. The van der Waals surface area contributed by atoms with E-state index in [-0.39, 0.29) is 25.4 Å². The quantitative estimate of drug-likeness (QED) is 0.0666. The number of ether oxygens (including phenoxy) is 3. The molecule has 0 heterocycles. The molecule has 2 amide bonds. The molecule has 4 N–H and O–H groups in total. The maximum atomic E-state index is 13.6. The monoisotopic (exact) mass is 689 g/mol. The minimum atomic E-state index is -1.22. The minimum Gasteiger partial charge on any atom is -0.461 e. The fourth-order valence-corrected chi connectivity index (χ4v) is 5.09. The van der Waals surface area contributed by atoms with E-state index in [4.69, 9.17) is 19.9 Å². The predicted octanol–water partition coefficient (Wildman–Crippen LogP) is 6.05. The van der Waals surface area contributed by atoms with Crippen molar-refractivity contribution in [3.63, 3.8) is 0 Å². The second-order valence-electron chi connectivity index (χ2n) is 14.0. The number of esters is 3. The van der Waals surface area contributed by atoms with Crippen molar-refractivity contribution in [2.75, 3.05) is 0 Å². The van der Waals surface area contributed by atoms with E-state index >= 15 is 0 Å². The zero-order chi connectivity index (χ0) is 36.8. The van der Waals surface area contributed by atoms with Crippen molar-refractivity contribution in [3.8, 4) is 0 Å². The number of carbonyl (C=O) groups excluding carboxylic acids is 5. The average molecular weight is 690 g/mol. The predicted molar refractivity (Wildman–Crippen MR) is 190 cm³/mol. The number of carbonyl (C=O) groups is 5. The molecular weight excluding hydrogens is 626 g/mol. The van der Waals surface area contributed by atoms with E-state index in [2.05, 4.69) is 17.6 Å². The van der Waals surface area contributed by atoms with E-state index in [9.17, 15) is 24.0 Å². The first-order chi connectivity index (χ1) is 23.2. The Morgan fingerprint density at radius 3 is 1.94 bits per heavy atom. The number of amides is 2. The third-order valence-electron chi connectivity index (χ3n) is 8.21. The molecule has 0 fully saturated rings. The molecule has 1 unspecified atom stereocenters. The summed E-state index contributed by atoms with van der Waals surface area (Å²) in [6.07, 6.45) is 10.0. The first kappa shape index (κ1) is 43.6. The second-order valence-corrected chi connectivity index (χ2v) is 14.0. The molecule has 1 aromatic rings. The van der Waals surface area contributed by atoms with Gasteiger partial charge in [0.05, 0.1) is 18.9 Å². The van der Waals surface area contributed by atoms with Crippen LogP contribution in [-0.4, -0.2) is 59.6 Å². The fraction of sp³-hybridized carbons (Fsp3) is 0.711. The van der Waals surface area contributed by atoms with Crippen molar-refractivity contribution >= 4 is 29.7 Å². The van der Waals surface area contributed by atoms with E-state index in [0.29, 0.717) is 12.8 Å². The largest absolute Gasteiger partial charge is 0.461 e. The first-order valence-electron chi connectivity index (χ1n) is 18.1. The summed E-state index contributed by atoms with van der Waals surface area (Å²) in [5.41, 5.74) is 6.02. The van der Waals surface area contributed by atoms with E-state index in [1.165, 1.54) is 39.0 Å². The van der Waals surface area contributed by atoms with Crippen LogP contribution in [-0.2, 0) is 44.8 Å². The number of rotatable bonds is 24. The van der Waals surface area contributed by atoms with Crippen LogP contribution in [0.5, 0.6) is 0 Å². The molecule has 0 aromatic heterocycles. The van der Waals surface area contributed by atoms with Gasteiger partial charge in [-0.3, -0.25) is 19.2 Å². The maximum absolute atomic E-state index is 13.6. The minimum absolute atomic E-state index is 0.0985. The molecule has 11 nitrogen and oxygen atoms in total. The van der Waals surface area contributed by atoms with Crippen molar-refractivity contribution < 1.29 is 38.2 Å². The number of unbranched alkanes of at least 4 members (excludes halogenated alkanes) is 8. The Hall–Kier alpha value is -3.47. The van der Waals surface area contributed by atoms with Gasteiger partial charge in [-0.05, 0) is 52.0 Å². The van der Waals surface area contributed by atoms with Gasteiger partial charge in [-0.2, -0.15) is 0 Å². The van der Waals surface area contributed by atoms with Crippen LogP contribution < -0.4 is 16.4 Å². The first-order valence-corrected chi connectivity index (χ1v) is 18.1. The van der Waals surface area contributed by atoms with Gasteiger partial charge < -0.3 is 30.6 Å². The van der Waals surface area contributed by atoms with Gasteiger partial charge >= 0.3 is 17.9 Å². The summed E-state index contributed by atoms with van der Waals surface area (Å²) in [5.74, 6) is -3.37. The average Bonchev–Trinajstić information content (AvgIpc) is 3.04. The van der Waals surface area contributed by atoms with Gasteiger partial charge in [0.2, 0.25) is 11.8 Å². The topological polar surface area (TPSA) is 163 Å². The Morgan fingerprint density at radius 2 is 1.37 bits per heavy atom. The highest BCUT2D eigenvalue weighted by Gasteiger charge is 2.32. The fourth-order valence-electron chi connectivity index (χ4n) is 5.09. The smallest absolute Gasteiger partial charge is 0.329 e. The lowest BCUT2D eigenvalue weighted by Crippen LogP contribution is -2.55. The van der Waals surface area contributed by atoms with Crippen molar-refractivity contribution in [2.45, 2.75) is 168 Å². The van der Waals surface area contributed by atoms with Crippen molar-refractivity contribution in [2.24, 2.45) is 11.7 Å². The standard InChI is InChI=1S/C38H63N3O8/c1-8-10-11-12-13-14-15-16-20-23-30(24-32(42)47-26-29-21-18-17-19-22-29)48-37(46)34(27(3)9-2)41-35(44)28(4)40-36(45)31(39)25-33(43)49-38(5,6)7/h17-19,21-22,27-28,30-31,34H,8-16,20,23-26,39H2,1-7H3,(H,40,45)(H,41,44)/t27-,28+,30?,31-,34-/m0/s1. The lowest BCUT2D eigenvalue weighted by atomic mass is 9.98. The molecule has 0 radical (unpaired) electrons. The molecule has 5 atom stereocenters. The highest BCUT2D eigenvalue weighted by molar-refractivity contribution is 5.93. The van der Waals surface area contributed by atoms with Gasteiger partial charge in [-0.25, -0.2) is 4.79 Å². The summed E-state index contributed by atoms with van der Waals surface area (Å²) in [5, 5.41) is 5.22. The second kappa shape index (κ2) is 23.8. The van der Waals surface area contributed by atoms with Crippen molar-refractivity contribution in [3.05, 3.63) is 35.9 Å². The molecule has 1 aromatic carbocycles. The number of hydrogen-bond donors (Lipinski definition) is 3. The third kappa shape index (κ3) is 20.0. The highest BCUT2D eigenvalue weighted by atomic mass is 16.6. The van der Waals surface area contributed by atoms with E-state index in [1.807, 2.05) is 44.2 Å². The van der Waals surface area contributed by atoms with Gasteiger partial charge in [-0.1, -0.05) is 109 Å². The van der Waals surface area contributed by atoms with Crippen LogP contribution in [0.4, 0.5) is 0 Å². The molecule has 278 valence electrons. The van der Waals surface area contributed by atoms with Gasteiger partial charge in [-0.15, -0.1) is 0 Å². The molecule has 0 saturated heterocycles. The van der Waals surface area contributed by atoms with E-state index in [1.54, 1.807) is 20.8 Å². The van der Waals surface area contributed by atoms with Crippen molar-refractivity contribution in [1.82, 2.24) is 10.6 Å². The van der Waals surface area contributed by atoms with Crippen LogP contribution in [0.2, 0.25) is 0 Å². The molecule has 0 bridgehead atoms. The van der Waals surface area contributed by atoms with E-state index in [0.717, 1.165) is 31.2 Å². The Labute approximate surface area is 294 Å². The molecule has 1 rings (SSSR count). The highest BCUT2D eigenvalue weighted by Crippen LogP contribution is 2.18. The lowest BCUT2D eigenvalue weighted by molar-refractivity contribution is -0.160. The molecule has 0 aliphatic carbocycles. The molecule has 11 heteroatoms. The van der Waals surface area contributed by atoms with Gasteiger partial charge in [0.15, 0.2) is 0 Å². The van der Waals surface area contributed by atoms with Crippen LogP contribution in [0.1, 0.15) is 138 Å². The lowest BCUT2D eigenvalue weighted by Gasteiger charge is -2.27. The number of benzene rings is 1. The van der Waals surface area contributed by atoms with Gasteiger partial charge in [0.25, 0.3) is 0 Å². The SMILES string of the molecule is CCCCCCCCCCCC(CC(=O)OCc1ccccc1)OC(=O)[C@@H](NC(=O)[C@@H](C)NC(=O)[C@@H](N)CC(=O)OC(C)(C)C)[C@@H](C)CC. The van der Waals surface area contributed by atoms with Crippen LogP contribution >= 0.6 is 0 Å². The Kier molecular flexibility index (Phi) is 21.2. The molecular formula is C38H63N3O8. The third-order valence-corrected chi connectivity index (χ3v) is 8.21. The summed E-state index contributed by atoms with van der Waals surface area (Å²) in [7, 11) is 0. The molecule has 0 spiro atoms. The summed E-state index contributed by atoms with van der Waals surface area (Å²) >= 11 is 0. The van der Waals surface area contributed by atoms with Gasteiger partial charge in [0, 0.05) is 0 Å². The Bertz CT molecular complexity index is 1140. The van der Waals surface area contributed by atoms with Crippen LogP contribution in [0.15, 0.2) is 30.3 Å². The molecule has 49 heavy (non-hydrogen) atoms. The van der Waals surface area contributed by atoms with E-state index < -0.39 is 59.6 Å².